The van der Waals surface area contributed by atoms with E-state index >= 15 is 0 Å². The van der Waals surface area contributed by atoms with Crippen molar-refractivity contribution in [1.82, 2.24) is 0 Å². The molecular formula is C37H33NO. The van der Waals surface area contributed by atoms with E-state index in [4.69, 9.17) is 4.74 Å². The monoisotopic (exact) mass is 507 g/mol. The Morgan fingerprint density at radius 3 is 1.44 bits per heavy atom. The van der Waals surface area contributed by atoms with Crippen molar-refractivity contribution in [3.63, 3.8) is 0 Å². The molecule has 5 aromatic carbocycles. The fourth-order valence-corrected chi connectivity index (χ4v) is 6.86. The largest absolute Gasteiger partial charge is 0.497 e. The standard InChI is InChI=1S/C37H33NO/c1-36(2)32-15-8-6-13-28(32)30-19-17-25(22-34(30)36)38(24-11-10-12-27(21-24)39-5)26-18-20-31-29-14-7-9-16-33(29)37(3,4)35(31)23-26/h6-23H,1-5H3. The van der Waals surface area contributed by atoms with Gasteiger partial charge < -0.3 is 9.64 Å². The van der Waals surface area contributed by atoms with Crippen LogP contribution in [0.25, 0.3) is 22.3 Å². The van der Waals surface area contributed by atoms with Gasteiger partial charge in [-0.3, -0.25) is 0 Å². The van der Waals surface area contributed by atoms with Crippen molar-refractivity contribution < 1.29 is 4.74 Å². The molecular weight excluding hydrogens is 474 g/mol. The molecule has 0 aromatic heterocycles. The van der Waals surface area contributed by atoms with Gasteiger partial charge in [0.25, 0.3) is 0 Å². The van der Waals surface area contributed by atoms with Crippen LogP contribution in [0.4, 0.5) is 17.1 Å². The van der Waals surface area contributed by atoms with Crippen molar-refractivity contribution in [1.29, 1.82) is 0 Å². The Bertz CT molecular complexity index is 1650. The van der Waals surface area contributed by atoms with Crippen LogP contribution in [0.15, 0.2) is 109 Å². The highest BCUT2D eigenvalue weighted by Crippen LogP contribution is 2.53. The van der Waals surface area contributed by atoms with Crippen LogP contribution in [0.1, 0.15) is 49.9 Å². The Morgan fingerprint density at radius 1 is 0.462 bits per heavy atom. The predicted octanol–water partition coefficient (Wildman–Crippen LogP) is 9.78. The molecule has 5 aromatic rings. The maximum atomic E-state index is 5.65. The zero-order chi connectivity index (χ0) is 26.9. The number of anilines is 3. The first-order chi connectivity index (χ1) is 18.8. The van der Waals surface area contributed by atoms with Crippen LogP contribution in [0.3, 0.4) is 0 Å². The molecule has 0 aliphatic heterocycles. The minimum atomic E-state index is -0.0659. The summed E-state index contributed by atoms with van der Waals surface area (Å²) in [5.41, 5.74) is 14.1. The molecule has 0 saturated heterocycles. The smallest absolute Gasteiger partial charge is 0.120 e. The van der Waals surface area contributed by atoms with Gasteiger partial charge in [-0.2, -0.15) is 0 Å². The number of benzene rings is 5. The predicted molar refractivity (Wildman–Crippen MR) is 163 cm³/mol. The van der Waals surface area contributed by atoms with Gasteiger partial charge in [-0.25, -0.2) is 0 Å². The van der Waals surface area contributed by atoms with Crippen molar-refractivity contribution in [3.8, 4) is 28.0 Å². The average Bonchev–Trinajstić information content (AvgIpc) is 3.33. The summed E-state index contributed by atoms with van der Waals surface area (Å²) in [6.45, 7) is 9.36. The lowest BCUT2D eigenvalue weighted by Crippen LogP contribution is -2.18. The second-order valence-electron chi connectivity index (χ2n) is 11.8. The molecule has 0 atom stereocenters. The first-order valence-electron chi connectivity index (χ1n) is 13.7. The molecule has 2 nitrogen and oxygen atoms in total. The highest BCUT2D eigenvalue weighted by molar-refractivity contribution is 5.88. The molecule has 0 N–H and O–H groups in total. The van der Waals surface area contributed by atoms with Crippen LogP contribution >= 0.6 is 0 Å². The van der Waals surface area contributed by atoms with Gasteiger partial charge >= 0.3 is 0 Å². The Labute approximate surface area is 231 Å². The first kappa shape index (κ1) is 23.8. The van der Waals surface area contributed by atoms with Crippen molar-refractivity contribution in [2.24, 2.45) is 0 Å². The van der Waals surface area contributed by atoms with E-state index in [1.54, 1.807) is 7.11 Å². The maximum absolute atomic E-state index is 5.65. The Balaban J connectivity index is 1.43. The normalized spacial score (nSPS) is 15.2. The highest BCUT2D eigenvalue weighted by atomic mass is 16.5. The molecule has 0 amide bonds. The number of fused-ring (bicyclic) bond motifs is 6. The lowest BCUT2D eigenvalue weighted by Gasteiger charge is -2.30. The molecule has 2 aliphatic rings. The lowest BCUT2D eigenvalue weighted by atomic mass is 9.82. The first-order valence-corrected chi connectivity index (χ1v) is 13.7. The van der Waals surface area contributed by atoms with Crippen LogP contribution in [-0.4, -0.2) is 7.11 Å². The molecule has 0 fully saturated rings. The molecule has 2 aliphatic carbocycles. The Kier molecular flexibility index (Phi) is 5.09. The van der Waals surface area contributed by atoms with Gasteiger partial charge in [0.1, 0.15) is 5.75 Å². The lowest BCUT2D eigenvalue weighted by molar-refractivity contribution is 0.415. The summed E-state index contributed by atoms with van der Waals surface area (Å²) >= 11 is 0. The van der Waals surface area contributed by atoms with E-state index in [2.05, 4.69) is 136 Å². The van der Waals surface area contributed by atoms with E-state index in [-0.39, 0.29) is 10.8 Å². The number of ether oxygens (including phenoxy) is 1. The average molecular weight is 508 g/mol. The van der Waals surface area contributed by atoms with Crippen molar-refractivity contribution in [2.45, 2.75) is 38.5 Å². The summed E-state index contributed by atoms with van der Waals surface area (Å²) in [7, 11) is 1.73. The molecule has 0 radical (unpaired) electrons. The fourth-order valence-electron chi connectivity index (χ4n) is 6.86. The van der Waals surface area contributed by atoms with Crippen molar-refractivity contribution in [3.05, 3.63) is 131 Å². The number of methoxy groups -OCH3 is 1. The zero-order valence-electron chi connectivity index (χ0n) is 23.2. The third kappa shape index (κ3) is 3.41. The number of nitrogens with zero attached hydrogens (tertiary/aromatic N) is 1. The maximum Gasteiger partial charge on any atom is 0.120 e. The zero-order valence-corrected chi connectivity index (χ0v) is 23.2. The van der Waals surface area contributed by atoms with Crippen molar-refractivity contribution in [2.75, 3.05) is 12.0 Å². The van der Waals surface area contributed by atoms with Crippen LogP contribution in [-0.2, 0) is 10.8 Å². The van der Waals surface area contributed by atoms with Gasteiger partial charge in [0.2, 0.25) is 0 Å². The summed E-state index contributed by atoms with van der Waals surface area (Å²) in [5, 5.41) is 0. The van der Waals surface area contributed by atoms with Crippen LogP contribution in [0, 0.1) is 0 Å². The second kappa shape index (κ2) is 8.35. The van der Waals surface area contributed by atoms with Gasteiger partial charge in [-0.05, 0) is 80.9 Å². The van der Waals surface area contributed by atoms with Crippen LogP contribution < -0.4 is 9.64 Å². The summed E-state index contributed by atoms with van der Waals surface area (Å²) in [5.74, 6) is 0.847. The van der Waals surface area contributed by atoms with Crippen LogP contribution in [0.2, 0.25) is 0 Å². The van der Waals surface area contributed by atoms with Gasteiger partial charge in [-0.15, -0.1) is 0 Å². The highest BCUT2D eigenvalue weighted by Gasteiger charge is 2.37. The molecule has 2 heteroatoms. The van der Waals surface area contributed by atoms with E-state index in [9.17, 15) is 0 Å². The number of rotatable bonds is 4. The fraction of sp³-hybridized carbons (Fsp3) is 0.189. The molecule has 0 bridgehead atoms. The second-order valence-corrected chi connectivity index (χ2v) is 11.8. The molecule has 0 spiro atoms. The molecule has 192 valence electrons. The molecule has 0 unspecified atom stereocenters. The minimum absolute atomic E-state index is 0.0659. The third-order valence-electron chi connectivity index (χ3n) is 8.96. The van der Waals surface area contributed by atoms with Gasteiger partial charge in [0, 0.05) is 34.0 Å². The summed E-state index contributed by atoms with van der Waals surface area (Å²) in [6.07, 6.45) is 0. The summed E-state index contributed by atoms with van der Waals surface area (Å²) in [4.78, 5) is 2.38. The molecule has 7 rings (SSSR count). The van der Waals surface area contributed by atoms with Gasteiger partial charge in [0.15, 0.2) is 0 Å². The van der Waals surface area contributed by atoms with Gasteiger partial charge in [-0.1, -0.05) is 94.4 Å². The summed E-state index contributed by atoms with van der Waals surface area (Å²) < 4.78 is 5.65. The summed E-state index contributed by atoms with van der Waals surface area (Å²) in [6, 6.07) is 39.9. The SMILES string of the molecule is COc1cccc(N(c2ccc3c(c2)C(C)(C)c2ccccc2-3)c2ccc3c(c2)C(C)(C)c2ccccc2-3)c1. The molecule has 39 heavy (non-hydrogen) atoms. The van der Waals surface area contributed by atoms with Crippen LogP contribution in [0.5, 0.6) is 5.75 Å². The van der Waals surface area contributed by atoms with Crippen molar-refractivity contribution >= 4 is 17.1 Å². The Hall–Kier alpha value is -4.30. The Morgan fingerprint density at radius 2 is 0.923 bits per heavy atom. The third-order valence-corrected chi connectivity index (χ3v) is 8.96. The molecule has 0 heterocycles. The van der Waals surface area contributed by atoms with E-state index in [0.29, 0.717) is 0 Å². The van der Waals surface area contributed by atoms with E-state index in [1.807, 2.05) is 6.07 Å². The number of hydrogen-bond donors (Lipinski definition) is 0. The van der Waals surface area contributed by atoms with Gasteiger partial charge in [0.05, 0.1) is 7.11 Å². The molecule has 0 saturated carbocycles. The topological polar surface area (TPSA) is 12.5 Å². The van der Waals surface area contributed by atoms with E-state index in [1.165, 1.54) is 44.5 Å². The van der Waals surface area contributed by atoms with E-state index < -0.39 is 0 Å². The minimum Gasteiger partial charge on any atom is -0.497 e. The quantitative estimate of drug-likeness (QED) is 0.240. The van der Waals surface area contributed by atoms with E-state index in [0.717, 1.165) is 22.8 Å². The number of hydrogen-bond acceptors (Lipinski definition) is 2.